The van der Waals surface area contributed by atoms with E-state index in [2.05, 4.69) is 10.2 Å². The molecule has 1 aliphatic heterocycles. The van der Waals surface area contributed by atoms with Crippen LogP contribution in [0.5, 0.6) is 0 Å². The molecule has 1 saturated carbocycles. The van der Waals surface area contributed by atoms with Gasteiger partial charge in [0.1, 0.15) is 0 Å². The van der Waals surface area contributed by atoms with Gasteiger partial charge in [-0.25, -0.2) is 13.2 Å². The molecule has 5 nitrogen and oxygen atoms in total. The maximum absolute atomic E-state index is 14.4. The quantitative estimate of drug-likeness (QED) is 0.562. The summed E-state index contributed by atoms with van der Waals surface area (Å²) in [5.74, 6) is -3.17. The van der Waals surface area contributed by atoms with Crippen LogP contribution in [-0.4, -0.2) is 55.4 Å². The molecule has 1 aromatic rings. The molecule has 1 amide bonds. The third kappa shape index (κ3) is 5.33. The average Bonchev–Trinajstić information content (AvgIpc) is 2.74. The van der Waals surface area contributed by atoms with Gasteiger partial charge in [-0.2, -0.15) is 0 Å². The molecule has 1 N–H and O–H groups in total. The molecule has 166 valence electrons. The lowest BCUT2D eigenvalue weighted by molar-refractivity contribution is -0.137. The highest BCUT2D eigenvalue weighted by molar-refractivity contribution is 6.35. The lowest BCUT2D eigenvalue weighted by atomic mass is 9.84. The van der Waals surface area contributed by atoms with Gasteiger partial charge in [0.05, 0.1) is 5.69 Å². The Morgan fingerprint density at radius 3 is 2.27 bits per heavy atom. The lowest BCUT2D eigenvalue weighted by Gasteiger charge is -2.37. The molecule has 0 bridgehead atoms. The first kappa shape index (κ1) is 22.6. The molecule has 0 spiro atoms. The van der Waals surface area contributed by atoms with Gasteiger partial charge in [0.2, 0.25) is 5.78 Å². The van der Waals surface area contributed by atoms with Crippen molar-refractivity contribution in [3.63, 3.8) is 0 Å². The summed E-state index contributed by atoms with van der Waals surface area (Å²) in [5, 5.41) is 2.80. The number of benzene rings is 1. The third-order valence-corrected chi connectivity index (χ3v) is 6.42. The number of carbonyl (C=O) groups is 2. The molecule has 1 aromatic carbocycles. The van der Waals surface area contributed by atoms with Crippen molar-refractivity contribution in [3.05, 3.63) is 29.1 Å². The van der Waals surface area contributed by atoms with E-state index < -0.39 is 29.1 Å². The second-order valence-electron chi connectivity index (χ2n) is 8.50. The van der Waals surface area contributed by atoms with E-state index >= 15 is 0 Å². The highest BCUT2D eigenvalue weighted by Crippen LogP contribution is 2.29. The predicted molar refractivity (Wildman–Crippen MR) is 109 cm³/mol. The number of hydrogen-bond acceptors (Lipinski definition) is 4. The molecule has 3 rings (SSSR count). The summed E-state index contributed by atoms with van der Waals surface area (Å²) in [6.45, 7) is 6.14. The summed E-state index contributed by atoms with van der Waals surface area (Å²) in [4.78, 5) is 26.7. The summed E-state index contributed by atoms with van der Waals surface area (Å²) in [7, 11) is 0. The van der Waals surface area contributed by atoms with Crippen LogP contribution >= 0.6 is 0 Å². The van der Waals surface area contributed by atoms with Crippen molar-refractivity contribution in [2.75, 3.05) is 37.6 Å². The zero-order valence-corrected chi connectivity index (χ0v) is 17.6. The Morgan fingerprint density at radius 1 is 1.03 bits per heavy atom. The van der Waals surface area contributed by atoms with E-state index in [0.29, 0.717) is 19.0 Å². The molecule has 2 fully saturated rings. The SMILES string of the molecule is CC(=O)C(=O)NC1CCC(CCN2CCN(c3cc(F)c(F)c(C)c3F)CC2)CC1. The largest absolute Gasteiger partial charge is 0.367 e. The van der Waals surface area contributed by atoms with Gasteiger partial charge in [-0.15, -0.1) is 0 Å². The van der Waals surface area contributed by atoms with E-state index in [9.17, 15) is 22.8 Å². The highest BCUT2D eigenvalue weighted by Gasteiger charge is 2.26. The maximum Gasteiger partial charge on any atom is 0.287 e. The number of hydrogen-bond donors (Lipinski definition) is 1. The summed E-state index contributed by atoms with van der Waals surface area (Å²) in [5.41, 5.74) is -0.139. The van der Waals surface area contributed by atoms with Gasteiger partial charge in [-0.3, -0.25) is 14.5 Å². The van der Waals surface area contributed by atoms with E-state index in [1.807, 2.05) is 0 Å². The fourth-order valence-corrected chi connectivity index (χ4v) is 4.40. The molecule has 0 radical (unpaired) electrons. The Bertz CT molecular complexity index is 786. The fraction of sp³-hybridized carbons (Fsp3) is 0.636. The zero-order chi connectivity index (χ0) is 21.8. The van der Waals surface area contributed by atoms with Crippen LogP contribution in [0.3, 0.4) is 0 Å². The predicted octanol–water partition coefficient (Wildman–Crippen LogP) is 3.19. The number of carbonyl (C=O) groups excluding carboxylic acids is 2. The molecular weight excluding hydrogens is 395 g/mol. The minimum Gasteiger partial charge on any atom is -0.367 e. The number of piperazine rings is 1. The standard InChI is InChI=1S/C22H30F3N3O2/c1-14-20(24)18(23)13-19(21(14)25)28-11-9-27(10-12-28)8-7-16-3-5-17(6-4-16)26-22(30)15(2)29/h13,16-17H,3-12H2,1-2H3,(H,26,30). The highest BCUT2D eigenvalue weighted by atomic mass is 19.2. The van der Waals surface area contributed by atoms with Crippen LogP contribution < -0.4 is 10.2 Å². The van der Waals surface area contributed by atoms with E-state index in [0.717, 1.165) is 57.8 Å². The van der Waals surface area contributed by atoms with Crippen molar-refractivity contribution in [3.8, 4) is 0 Å². The number of anilines is 1. The normalized spacial score (nSPS) is 22.8. The number of nitrogens with zero attached hydrogens (tertiary/aromatic N) is 2. The number of ketones is 1. The van der Waals surface area contributed by atoms with Crippen LogP contribution in [0.1, 0.15) is 44.6 Å². The van der Waals surface area contributed by atoms with E-state index in [-0.39, 0.29) is 17.3 Å². The molecule has 0 atom stereocenters. The van der Waals surface area contributed by atoms with Crippen LogP contribution in [0, 0.1) is 30.3 Å². The molecule has 8 heteroatoms. The second-order valence-corrected chi connectivity index (χ2v) is 8.50. The second kappa shape index (κ2) is 9.81. The van der Waals surface area contributed by atoms with Crippen LogP contribution in [-0.2, 0) is 9.59 Å². The molecule has 1 aliphatic carbocycles. The fourth-order valence-electron chi connectivity index (χ4n) is 4.40. The summed E-state index contributed by atoms with van der Waals surface area (Å²) in [6, 6.07) is 1.05. The Hall–Kier alpha value is -2.09. The molecule has 0 aromatic heterocycles. The lowest BCUT2D eigenvalue weighted by Crippen LogP contribution is -2.47. The smallest absolute Gasteiger partial charge is 0.287 e. The van der Waals surface area contributed by atoms with Crippen LogP contribution in [0.2, 0.25) is 0 Å². The number of Topliss-reactive ketones (excluding diaryl/α,β-unsaturated/α-hetero) is 1. The van der Waals surface area contributed by atoms with Crippen molar-refractivity contribution in [2.24, 2.45) is 5.92 Å². The van der Waals surface area contributed by atoms with Crippen molar-refractivity contribution in [1.82, 2.24) is 10.2 Å². The number of amides is 1. The number of nitrogens with one attached hydrogen (secondary N) is 1. The van der Waals surface area contributed by atoms with Crippen LogP contribution in [0.15, 0.2) is 6.07 Å². The third-order valence-electron chi connectivity index (χ3n) is 6.42. The summed E-state index contributed by atoms with van der Waals surface area (Å²) < 4.78 is 41.6. The summed E-state index contributed by atoms with van der Waals surface area (Å²) >= 11 is 0. The topological polar surface area (TPSA) is 52.7 Å². The van der Waals surface area contributed by atoms with Crippen LogP contribution in [0.25, 0.3) is 0 Å². The van der Waals surface area contributed by atoms with Crippen molar-refractivity contribution < 1.29 is 22.8 Å². The maximum atomic E-state index is 14.4. The van der Waals surface area contributed by atoms with Gasteiger partial charge in [0, 0.05) is 50.8 Å². The van der Waals surface area contributed by atoms with Gasteiger partial charge in [0.25, 0.3) is 5.91 Å². The molecule has 0 unspecified atom stereocenters. The molecule has 2 aliphatic rings. The average molecular weight is 425 g/mol. The Balaban J connectivity index is 1.41. The minimum absolute atomic E-state index is 0.0932. The van der Waals surface area contributed by atoms with E-state index in [4.69, 9.17) is 0 Å². The Labute approximate surface area is 175 Å². The number of rotatable bonds is 6. The first-order valence-electron chi connectivity index (χ1n) is 10.7. The molecule has 30 heavy (non-hydrogen) atoms. The Kier molecular flexibility index (Phi) is 7.39. The van der Waals surface area contributed by atoms with Crippen molar-refractivity contribution in [2.45, 2.75) is 52.0 Å². The number of halogens is 3. The van der Waals surface area contributed by atoms with Gasteiger partial charge >= 0.3 is 0 Å². The van der Waals surface area contributed by atoms with Crippen molar-refractivity contribution in [1.29, 1.82) is 0 Å². The van der Waals surface area contributed by atoms with Crippen molar-refractivity contribution >= 4 is 17.4 Å². The first-order valence-corrected chi connectivity index (χ1v) is 10.7. The van der Waals surface area contributed by atoms with Gasteiger partial charge in [0.15, 0.2) is 17.5 Å². The minimum atomic E-state index is -1.12. The molecular formula is C22H30F3N3O2. The van der Waals surface area contributed by atoms with Crippen LogP contribution in [0.4, 0.5) is 18.9 Å². The summed E-state index contributed by atoms with van der Waals surface area (Å²) in [6.07, 6.45) is 4.91. The zero-order valence-electron chi connectivity index (χ0n) is 17.6. The first-order chi connectivity index (χ1) is 14.3. The Morgan fingerprint density at radius 2 is 1.67 bits per heavy atom. The monoisotopic (exact) mass is 425 g/mol. The van der Waals surface area contributed by atoms with Gasteiger partial charge in [-0.05, 0) is 51.5 Å². The van der Waals surface area contributed by atoms with E-state index in [1.165, 1.54) is 13.8 Å². The van der Waals surface area contributed by atoms with E-state index in [1.54, 1.807) is 4.90 Å². The molecule has 1 saturated heterocycles. The van der Waals surface area contributed by atoms with Gasteiger partial charge < -0.3 is 10.2 Å². The molecule has 1 heterocycles. The van der Waals surface area contributed by atoms with Gasteiger partial charge in [-0.1, -0.05) is 0 Å².